The van der Waals surface area contributed by atoms with Crippen molar-refractivity contribution in [2.45, 2.75) is 38.3 Å². The third-order valence-electron chi connectivity index (χ3n) is 4.67. The zero-order valence-corrected chi connectivity index (χ0v) is 12.7. The minimum Gasteiger partial charge on any atom is -0.497 e. The number of rotatable bonds is 4. The molecule has 0 heterocycles. The van der Waals surface area contributed by atoms with E-state index in [1.165, 1.54) is 31.2 Å². The summed E-state index contributed by atoms with van der Waals surface area (Å²) in [6.07, 6.45) is 5.51. The topological polar surface area (TPSA) is 33.3 Å². The first-order chi connectivity index (χ1) is 9.74. The van der Waals surface area contributed by atoms with Crippen molar-refractivity contribution in [3.8, 4) is 5.75 Å². The van der Waals surface area contributed by atoms with Gasteiger partial charge in [-0.3, -0.25) is 0 Å². The van der Waals surface area contributed by atoms with Crippen LogP contribution in [0.15, 0.2) is 24.3 Å². The molecule has 20 heavy (non-hydrogen) atoms. The number of benzene rings is 1. The third kappa shape index (κ3) is 3.06. The van der Waals surface area contributed by atoms with Crippen molar-refractivity contribution in [3.05, 3.63) is 29.8 Å². The molecule has 0 amide bonds. The van der Waals surface area contributed by atoms with Gasteiger partial charge in [-0.15, -0.1) is 0 Å². The summed E-state index contributed by atoms with van der Waals surface area (Å²) in [6.45, 7) is 0.761. The van der Waals surface area contributed by atoms with Crippen LogP contribution in [0.3, 0.4) is 0 Å². The fraction of sp³-hybridized carbons (Fsp3) is 0.562. The highest BCUT2D eigenvalue weighted by molar-refractivity contribution is 7.80. The lowest BCUT2D eigenvalue weighted by Gasteiger charge is -2.24. The summed E-state index contributed by atoms with van der Waals surface area (Å²) in [5, 5.41) is 7.59. The first-order valence-corrected chi connectivity index (χ1v) is 7.82. The van der Waals surface area contributed by atoms with Crippen LogP contribution in [0.2, 0.25) is 0 Å². The molecule has 1 aromatic carbocycles. The molecule has 3 nitrogen and oxygen atoms in total. The molecule has 2 bridgehead atoms. The van der Waals surface area contributed by atoms with Gasteiger partial charge in [0.05, 0.1) is 7.11 Å². The van der Waals surface area contributed by atoms with Gasteiger partial charge in [-0.25, -0.2) is 0 Å². The van der Waals surface area contributed by atoms with Gasteiger partial charge in [-0.1, -0.05) is 18.6 Å². The second kappa shape index (κ2) is 6.00. The van der Waals surface area contributed by atoms with Crippen LogP contribution in [-0.4, -0.2) is 18.3 Å². The Morgan fingerprint density at radius 3 is 2.65 bits per heavy atom. The lowest BCUT2D eigenvalue weighted by Crippen LogP contribution is -2.43. The van der Waals surface area contributed by atoms with E-state index in [0.29, 0.717) is 6.04 Å². The summed E-state index contributed by atoms with van der Waals surface area (Å²) < 4.78 is 5.15. The minimum absolute atomic E-state index is 0.601. The molecule has 2 saturated carbocycles. The molecule has 2 N–H and O–H groups in total. The van der Waals surface area contributed by atoms with Crippen molar-refractivity contribution in [2.75, 3.05) is 7.11 Å². The number of hydrogen-bond donors (Lipinski definition) is 2. The first-order valence-electron chi connectivity index (χ1n) is 7.42. The summed E-state index contributed by atoms with van der Waals surface area (Å²) in [7, 11) is 1.68. The van der Waals surface area contributed by atoms with Gasteiger partial charge in [0.1, 0.15) is 5.75 Å². The summed E-state index contributed by atoms with van der Waals surface area (Å²) >= 11 is 5.41. The van der Waals surface area contributed by atoms with E-state index in [4.69, 9.17) is 17.0 Å². The van der Waals surface area contributed by atoms with E-state index in [-0.39, 0.29) is 0 Å². The van der Waals surface area contributed by atoms with E-state index >= 15 is 0 Å². The smallest absolute Gasteiger partial charge is 0.166 e. The van der Waals surface area contributed by atoms with Gasteiger partial charge in [-0.2, -0.15) is 0 Å². The number of nitrogens with one attached hydrogen (secondary N) is 2. The third-order valence-corrected chi connectivity index (χ3v) is 4.93. The fourth-order valence-corrected chi connectivity index (χ4v) is 3.79. The molecule has 1 aromatic rings. The molecule has 0 aliphatic heterocycles. The van der Waals surface area contributed by atoms with Crippen LogP contribution in [-0.2, 0) is 6.54 Å². The number of hydrogen-bond acceptors (Lipinski definition) is 2. The molecule has 4 heteroatoms. The number of thiocarbonyl (C=S) groups is 1. The Hall–Kier alpha value is -1.29. The molecule has 0 aromatic heterocycles. The minimum atomic E-state index is 0.601. The van der Waals surface area contributed by atoms with Crippen LogP contribution >= 0.6 is 12.2 Å². The van der Waals surface area contributed by atoms with E-state index in [1.807, 2.05) is 12.1 Å². The summed E-state index contributed by atoms with van der Waals surface area (Å²) in [5.41, 5.74) is 1.21. The monoisotopic (exact) mass is 290 g/mol. The van der Waals surface area contributed by atoms with Gasteiger partial charge >= 0.3 is 0 Å². The second-order valence-corrected chi connectivity index (χ2v) is 6.36. The maximum atomic E-state index is 5.41. The molecule has 2 aliphatic rings. The van der Waals surface area contributed by atoms with E-state index in [0.717, 1.165) is 29.2 Å². The van der Waals surface area contributed by atoms with Crippen molar-refractivity contribution in [3.63, 3.8) is 0 Å². The highest BCUT2D eigenvalue weighted by Gasteiger charge is 2.39. The number of methoxy groups -OCH3 is 1. The van der Waals surface area contributed by atoms with E-state index < -0.39 is 0 Å². The van der Waals surface area contributed by atoms with Gasteiger partial charge in [-0.05, 0) is 61.0 Å². The molecule has 3 atom stereocenters. The van der Waals surface area contributed by atoms with Gasteiger partial charge < -0.3 is 15.4 Å². The Morgan fingerprint density at radius 1 is 1.25 bits per heavy atom. The van der Waals surface area contributed by atoms with Crippen LogP contribution in [0.5, 0.6) is 5.75 Å². The molecule has 0 spiro atoms. The normalized spacial score (nSPS) is 27.4. The molecule has 3 unspecified atom stereocenters. The van der Waals surface area contributed by atoms with Crippen molar-refractivity contribution in [1.82, 2.24) is 10.6 Å². The Bertz CT molecular complexity index is 474. The fourth-order valence-electron chi connectivity index (χ4n) is 3.57. The standard InChI is InChI=1S/C16H22N2OS/c1-19-14-6-3-11(4-7-14)10-17-16(20)18-15-9-12-2-5-13(15)8-12/h3-4,6-7,12-13,15H,2,5,8-10H2,1H3,(H2,17,18,20). The maximum absolute atomic E-state index is 5.41. The number of fused-ring (bicyclic) bond motifs is 2. The Morgan fingerprint density at radius 2 is 2.05 bits per heavy atom. The second-order valence-electron chi connectivity index (χ2n) is 5.96. The molecular formula is C16H22N2OS. The molecular weight excluding hydrogens is 268 g/mol. The maximum Gasteiger partial charge on any atom is 0.166 e. The molecule has 3 rings (SSSR count). The summed E-state index contributed by atoms with van der Waals surface area (Å²) in [5.74, 6) is 2.68. The van der Waals surface area contributed by atoms with Crippen molar-refractivity contribution in [2.24, 2.45) is 11.8 Å². The van der Waals surface area contributed by atoms with Crippen LogP contribution in [0.1, 0.15) is 31.2 Å². The Balaban J connectivity index is 1.44. The van der Waals surface area contributed by atoms with Crippen LogP contribution < -0.4 is 15.4 Å². The molecule has 108 valence electrons. The largest absolute Gasteiger partial charge is 0.497 e. The Kier molecular flexibility index (Phi) is 4.10. The zero-order valence-electron chi connectivity index (χ0n) is 11.9. The van der Waals surface area contributed by atoms with Crippen molar-refractivity contribution < 1.29 is 4.74 Å². The molecule has 0 radical (unpaired) electrons. The zero-order chi connectivity index (χ0) is 13.9. The predicted molar refractivity (Wildman–Crippen MR) is 84.8 cm³/mol. The van der Waals surface area contributed by atoms with Gasteiger partial charge in [0, 0.05) is 12.6 Å². The highest BCUT2D eigenvalue weighted by Crippen LogP contribution is 2.44. The van der Waals surface area contributed by atoms with Gasteiger partial charge in [0.2, 0.25) is 0 Å². The average Bonchev–Trinajstić information content (AvgIpc) is 3.08. The van der Waals surface area contributed by atoms with Crippen LogP contribution in [0, 0.1) is 11.8 Å². The van der Waals surface area contributed by atoms with Crippen LogP contribution in [0.25, 0.3) is 0 Å². The lowest BCUT2D eigenvalue weighted by molar-refractivity contribution is 0.389. The summed E-state index contributed by atoms with van der Waals surface area (Å²) in [4.78, 5) is 0. The number of ether oxygens (including phenoxy) is 1. The van der Waals surface area contributed by atoms with Gasteiger partial charge in [0.25, 0.3) is 0 Å². The average molecular weight is 290 g/mol. The lowest BCUT2D eigenvalue weighted by atomic mass is 9.96. The van der Waals surface area contributed by atoms with Crippen molar-refractivity contribution in [1.29, 1.82) is 0 Å². The Labute approximate surface area is 126 Å². The summed E-state index contributed by atoms with van der Waals surface area (Å²) in [6, 6.07) is 8.68. The molecule has 2 fully saturated rings. The SMILES string of the molecule is COc1ccc(CNC(=S)NC2CC3CCC2C3)cc1. The van der Waals surface area contributed by atoms with Crippen molar-refractivity contribution >= 4 is 17.3 Å². The quantitative estimate of drug-likeness (QED) is 0.836. The predicted octanol–water partition coefficient (Wildman–Crippen LogP) is 2.85. The van der Waals surface area contributed by atoms with Crippen LogP contribution in [0.4, 0.5) is 0 Å². The molecule has 0 saturated heterocycles. The van der Waals surface area contributed by atoms with E-state index in [1.54, 1.807) is 7.11 Å². The first kappa shape index (κ1) is 13.7. The van der Waals surface area contributed by atoms with Gasteiger partial charge in [0.15, 0.2) is 5.11 Å². The molecule has 2 aliphatic carbocycles. The van der Waals surface area contributed by atoms with E-state index in [2.05, 4.69) is 22.8 Å². The van der Waals surface area contributed by atoms with E-state index in [9.17, 15) is 0 Å². The highest BCUT2D eigenvalue weighted by atomic mass is 32.1.